The van der Waals surface area contributed by atoms with Gasteiger partial charge in [0.15, 0.2) is 16.3 Å². The number of benzene rings is 2. The molecule has 0 aliphatic carbocycles. The molecule has 0 unspecified atom stereocenters. The van der Waals surface area contributed by atoms with E-state index in [-0.39, 0.29) is 23.3 Å². The van der Waals surface area contributed by atoms with Crippen LogP contribution in [0.5, 0.6) is 0 Å². The van der Waals surface area contributed by atoms with Gasteiger partial charge in [-0.1, -0.05) is 29.8 Å². The molecule has 0 atom stereocenters. The molecule has 0 saturated carbocycles. The van der Waals surface area contributed by atoms with E-state index in [1.54, 1.807) is 17.7 Å². The highest BCUT2D eigenvalue weighted by atomic mass is 35.5. The van der Waals surface area contributed by atoms with Gasteiger partial charge < -0.3 is 24.6 Å². The molecule has 44 heavy (non-hydrogen) atoms. The molecule has 1 fully saturated rings. The van der Waals surface area contributed by atoms with Gasteiger partial charge in [0.1, 0.15) is 0 Å². The van der Waals surface area contributed by atoms with Crippen molar-refractivity contribution in [3.05, 3.63) is 85.0 Å². The molecule has 2 aromatic carbocycles. The monoisotopic (exact) mass is 639 g/mol. The van der Waals surface area contributed by atoms with Gasteiger partial charge in [0.2, 0.25) is 5.95 Å². The quantitative estimate of drug-likeness (QED) is 0.246. The smallest absolute Gasteiger partial charge is 0.339 e. The SMILES string of the molecule is COC(=O)c1ccc(C(=O)OC)c(NC(=S)N2CCN(c3nc4c(c(=O)n(C)c(=O)n4C)n3Cc3ccccc3Cl)CC2)c1. The Bertz CT molecular complexity index is 1910. The zero-order valence-corrected chi connectivity index (χ0v) is 26.1. The van der Waals surface area contributed by atoms with Crippen LogP contribution in [0.25, 0.3) is 11.2 Å². The van der Waals surface area contributed by atoms with Crippen molar-refractivity contribution in [2.24, 2.45) is 14.1 Å². The molecule has 0 radical (unpaired) electrons. The predicted molar refractivity (Wildman–Crippen MR) is 170 cm³/mol. The number of aromatic nitrogens is 4. The van der Waals surface area contributed by atoms with Crippen molar-refractivity contribution < 1.29 is 19.1 Å². The largest absolute Gasteiger partial charge is 0.465 e. The third kappa shape index (κ3) is 5.65. The summed E-state index contributed by atoms with van der Waals surface area (Å²) in [5, 5.41) is 3.97. The Morgan fingerprint density at radius 3 is 2.32 bits per heavy atom. The first kappa shape index (κ1) is 30.8. The van der Waals surface area contributed by atoms with Crippen molar-refractivity contribution in [1.29, 1.82) is 0 Å². The van der Waals surface area contributed by atoms with E-state index >= 15 is 0 Å². The summed E-state index contributed by atoms with van der Waals surface area (Å²) in [6, 6.07) is 11.8. The molecule has 0 amide bonds. The molecule has 5 rings (SSSR count). The first-order chi connectivity index (χ1) is 21.0. The number of imidazole rings is 1. The van der Waals surface area contributed by atoms with E-state index in [9.17, 15) is 19.2 Å². The van der Waals surface area contributed by atoms with Crippen LogP contribution < -0.4 is 21.5 Å². The van der Waals surface area contributed by atoms with Gasteiger partial charge >= 0.3 is 17.6 Å². The van der Waals surface area contributed by atoms with Crippen molar-refractivity contribution in [2.75, 3.05) is 50.6 Å². The maximum absolute atomic E-state index is 13.3. The fraction of sp³-hybridized carbons (Fsp3) is 0.310. The first-order valence-corrected chi connectivity index (χ1v) is 14.4. The molecule has 1 aliphatic heterocycles. The second-order valence-corrected chi connectivity index (χ2v) is 10.9. The van der Waals surface area contributed by atoms with Gasteiger partial charge in [-0.3, -0.25) is 18.5 Å². The molecule has 0 bridgehead atoms. The lowest BCUT2D eigenvalue weighted by molar-refractivity contribution is 0.0587. The van der Waals surface area contributed by atoms with Gasteiger partial charge in [-0.05, 0) is 42.0 Å². The van der Waals surface area contributed by atoms with Gasteiger partial charge in [-0.25, -0.2) is 14.4 Å². The fourth-order valence-electron chi connectivity index (χ4n) is 5.11. The summed E-state index contributed by atoms with van der Waals surface area (Å²) in [5.74, 6) is -0.624. The predicted octanol–water partition coefficient (Wildman–Crippen LogP) is 2.23. The highest BCUT2D eigenvalue weighted by molar-refractivity contribution is 7.80. The van der Waals surface area contributed by atoms with E-state index in [0.29, 0.717) is 53.5 Å². The van der Waals surface area contributed by atoms with E-state index < -0.39 is 23.2 Å². The van der Waals surface area contributed by atoms with Gasteiger partial charge in [-0.2, -0.15) is 4.98 Å². The Kier molecular flexibility index (Phi) is 8.74. The number of hydrogen-bond acceptors (Lipinski definition) is 9. The molecule has 3 heterocycles. The number of thiocarbonyl (C=S) groups is 1. The van der Waals surface area contributed by atoms with Crippen LogP contribution >= 0.6 is 23.8 Å². The summed E-state index contributed by atoms with van der Waals surface area (Å²) in [7, 11) is 5.56. The number of piperazine rings is 1. The molecule has 0 spiro atoms. The van der Waals surface area contributed by atoms with Crippen LogP contribution in [0.3, 0.4) is 0 Å². The summed E-state index contributed by atoms with van der Waals surface area (Å²) < 4.78 is 13.9. The number of esters is 2. The summed E-state index contributed by atoms with van der Waals surface area (Å²) in [5.41, 5.74) is 1.21. The summed E-state index contributed by atoms with van der Waals surface area (Å²) >= 11 is 12.2. The van der Waals surface area contributed by atoms with E-state index in [4.69, 9.17) is 38.3 Å². The number of aryl methyl sites for hydroxylation is 1. The second kappa shape index (κ2) is 12.5. The third-order valence-corrected chi connectivity index (χ3v) is 8.28. The summed E-state index contributed by atoms with van der Waals surface area (Å²) in [6.07, 6.45) is 0. The molecule has 15 heteroatoms. The Balaban J connectivity index is 1.43. The number of halogens is 1. The number of fused-ring (bicyclic) bond motifs is 1. The van der Waals surface area contributed by atoms with Gasteiger partial charge in [0.05, 0.1) is 37.6 Å². The summed E-state index contributed by atoms with van der Waals surface area (Å²) in [4.78, 5) is 59.2. The lowest BCUT2D eigenvalue weighted by atomic mass is 10.1. The average Bonchev–Trinajstić information content (AvgIpc) is 3.42. The topological polar surface area (TPSA) is 133 Å². The number of anilines is 2. The molecular formula is C29H30ClN7O6S. The molecule has 1 saturated heterocycles. The summed E-state index contributed by atoms with van der Waals surface area (Å²) in [6.45, 7) is 2.18. The van der Waals surface area contributed by atoms with Crippen molar-refractivity contribution in [3.63, 3.8) is 0 Å². The number of nitrogens with one attached hydrogen (secondary N) is 1. The Labute approximate surface area is 262 Å². The average molecular weight is 640 g/mol. The third-order valence-electron chi connectivity index (χ3n) is 7.55. The molecule has 4 aromatic rings. The normalized spacial score (nSPS) is 13.2. The van der Waals surface area contributed by atoms with Gasteiger partial charge in [-0.15, -0.1) is 0 Å². The highest BCUT2D eigenvalue weighted by Gasteiger charge is 2.27. The zero-order chi connectivity index (χ0) is 31.7. The van der Waals surface area contributed by atoms with Crippen LogP contribution in [0.4, 0.5) is 11.6 Å². The molecular weight excluding hydrogens is 610 g/mol. The van der Waals surface area contributed by atoms with Gasteiger partial charge in [0, 0.05) is 45.3 Å². The van der Waals surface area contributed by atoms with E-state index in [2.05, 4.69) is 5.32 Å². The van der Waals surface area contributed by atoms with Crippen molar-refractivity contribution in [3.8, 4) is 0 Å². The van der Waals surface area contributed by atoms with Crippen molar-refractivity contribution in [1.82, 2.24) is 23.6 Å². The van der Waals surface area contributed by atoms with Crippen LogP contribution in [-0.4, -0.2) is 81.0 Å². The van der Waals surface area contributed by atoms with E-state index in [1.165, 1.54) is 44.0 Å². The van der Waals surface area contributed by atoms with Gasteiger partial charge in [0.25, 0.3) is 5.56 Å². The Hall–Kier alpha value is -4.69. The van der Waals surface area contributed by atoms with Crippen molar-refractivity contribution in [2.45, 2.75) is 6.54 Å². The fourth-order valence-corrected chi connectivity index (χ4v) is 5.60. The maximum Gasteiger partial charge on any atom is 0.339 e. The lowest BCUT2D eigenvalue weighted by Crippen LogP contribution is -2.50. The number of ether oxygens (including phenoxy) is 2. The Morgan fingerprint density at radius 1 is 0.977 bits per heavy atom. The number of rotatable bonds is 6. The molecule has 230 valence electrons. The Morgan fingerprint density at radius 2 is 1.66 bits per heavy atom. The minimum absolute atomic E-state index is 0.210. The number of hydrogen-bond donors (Lipinski definition) is 1. The van der Waals surface area contributed by atoms with Crippen LogP contribution in [-0.2, 0) is 30.1 Å². The second-order valence-electron chi connectivity index (χ2n) is 10.1. The van der Waals surface area contributed by atoms with E-state index in [0.717, 1.165) is 10.1 Å². The maximum atomic E-state index is 13.3. The molecule has 1 N–H and O–H groups in total. The lowest BCUT2D eigenvalue weighted by Gasteiger charge is -2.37. The number of methoxy groups -OCH3 is 2. The van der Waals surface area contributed by atoms with Crippen molar-refractivity contribution >= 4 is 63.7 Å². The number of nitrogens with zero attached hydrogens (tertiary/aromatic N) is 6. The highest BCUT2D eigenvalue weighted by Crippen LogP contribution is 2.26. The number of carbonyl (C=O) groups is 2. The van der Waals surface area contributed by atoms with E-state index in [1.807, 2.05) is 28.0 Å². The standard InChI is InChI=1S/C29H30ClN7O6S/c1-33-23-22(24(38)34(2)29(33)41)37(16-18-7-5-6-8-20(18)30)27(32-23)35-11-13-36(14-12-35)28(44)31-21-15-17(25(39)42-3)9-10-19(21)26(40)43-4/h5-10,15H,11-14,16H2,1-4H3,(H,31,44). The van der Waals surface area contributed by atoms with Crippen LogP contribution in [0.1, 0.15) is 26.3 Å². The minimum atomic E-state index is -0.588. The van der Waals surface area contributed by atoms with Crippen LogP contribution in [0.15, 0.2) is 52.1 Å². The van der Waals surface area contributed by atoms with Crippen LogP contribution in [0.2, 0.25) is 5.02 Å². The minimum Gasteiger partial charge on any atom is -0.465 e. The first-order valence-electron chi connectivity index (χ1n) is 13.6. The molecule has 2 aromatic heterocycles. The van der Waals surface area contributed by atoms with Crippen LogP contribution in [0, 0.1) is 0 Å². The number of carbonyl (C=O) groups excluding carboxylic acids is 2. The zero-order valence-electron chi connectivity index (χ0n) is 24.5. The molecule has 13 nitrogen and oxygen atoms in total. The molecule has 1 aliphatic rings.